The normalized spacial score (nSPS) is 21.6. The van der Waals surface area contributed by atoms with E-state index < -0.39 is 11.9 Å². The summed E-state index contributed by atoms with van der Waals surface area (Å²) in [5.74, 6) is -1.38. The van der Waals surface area contributed by atoms with Gasteiger partial charge in [0.25, 0.3) is 0 Å². The third kappa shape index (κ3) is 2.97. The Morgan fingerprint density at radius 2 is 1.94 bits per heavy atom. The Bertz CT molecular complexity index is 219. The summed E-state index contributed by atoms with van der Waals surface area (Å²) in [6, 6.07) is 0. The summed E-state index contributed by atoms with van der Waals surface area (Å²) in [7, 11) is 0. The van der Waals surface area contributed by atoms with E-state index in [1.807, 2.05) is 0 Å². The molecule has 3 nitrogen and oxygen atoms in total. The van der Waals surface area contributed by atoms with Gasteiger partial charge >= 0.3 is 5.97 Å². The minimum atomic E-state index is -0.819. The van der Waals surface area contributed by atoms with Crippen LogP contribution in [-0.2, 0) is 4.79 Å². The first-order valence-electron chi connectivity index (χ1n) is 6.50. The van der Waals surface area contributed by atoms with Crippen LogP contribution in [0.5, 0.6) is 0 Å². The predicted octanol–water partition coefficient (Wildman–Crippen LogP) is 2.82. The molecule has 0 aromatic rings. The maximum Gasteiger partial charge on any atom is 0.309 e. The molecule has 0 amide bonds. The third-order valence-electron chi connectivity index (χ3n) is 4.10. The van der Waals surface area contributed by atoms with Crippen molar-refractivity contribution < 1.29 is 15.0 Å². The topological polar surface area (TPSA) is 57.5 Å². The number of carboxylic acids is 1. The maximum atomic E-state index is 11.2. The molecule has 1 rings (SSSR count). The number of rotatable bonds is 6. The Hall–Kier alpha value is -0.570. The van der Waals surface area contributed by atoms with Crippen molar-refractivity contribution in [2.75, 3.05) is 6.61 Å². The highest BCUT2D eigenvalue weighted by molar-refractivity contribution is 5.71. The fourth-order valence-electron chi connectivity index (χ4n) is 3.09. The van der Waals surface area contributed by atoms with E-state index in [0.717, 1.165) is 44.9 Å². The molecule has 1 fully saturated rings. The average Bonchev–Trinajstić information content (AvgIpc) is 2.28. The number of aliphatic hydroxyl groups excluding tert-OH is 1. The minimum Gasteiger partial charge on any atom is -0.481 e. The van der Waals surface area contributed by atoms with E-state index in [0.29, 0.717) is 0 Å². The van der Waals surface area contributed by atoms with Crippen LogP contribution in [0.4, 0.5) is 0 Å². The molecule has 0 saturated heterocycles. The van der Waals surface area contributed by atoms with Gasteiger partial charge in [-0.3, -0.25) is 4.79 Å². The molecule has 3 heteroatoms. The van der Waals surface area contributed by atoms with E-state index in [2.05, 4.69) is 6.92 Å². The van der Waals surface area contributed by atoms with E-state index in [-0.39, 0.29) is 12.0 Å². The Kier molecular flexibility index (Phi) is 5.26. The second-order valence-electron chi connectivity index (χ2n) is 5.10. The molecule has 0 spiro atoms. The molecular weight excluding hydrogens is 204 g/mol. The quantitative estimate of drug-likeness (QED) is 0.735. The second-order valence-corrected chi connectivity index (χ2v) is 5.10. The van der Waals surface area contributed by atoms with Gasteiger partial charge in [-0.05, 0) is 24.7 Å². The number of hydrogen-bond donors (Lipinski definition) is 2. The predicted molar refractivity (Wildman–Crippen MR) is 63.3 cm³/mol. The number of unbranched alkanes of at least 4 members (excludes halogenated alkanes) is 1. The van der Waals surface area contributed by atoms with Crippen molar-refractivity contribution in [3.8, 4) is 0 Å². The van der Waals surface area contributed by atoms with E-state index in [1.165, 1.54) is 6.42 Å². The summed E-state index contributed by atoms with van der Waals surface area (Å²) in [6.07, 6.45) is 8.53. The highest BCUT2D eigenvalue weighted by Gasteiger charge is 2.42. The van der Waals surface area contributed by atoms with Gasteiger partial charge in [-0.25, -0.2) is 0 Å². The number of hydrogen-bond acceptors (Lipinski definition) is 2. The average molecular weight is 228 g/mol. The van der Waals surface area contributed by atoms with E-state index in [9.17, 15) is 15.0 Å². The molecule has 1 unspecified atom stereocenters. The monoisotopic (exact) mass is 228 g/mol. The molecule has 2 N–H and O–H groups in total. The van der Waals surface area contributed by atoms with Crippen LogP contribution in [0.25, 0.3) is 0 Å². The molecular formula is C13H24O3. The van der Waals surface area contributed by atoms with Crippen molar-refractivity contribution in [1.82, 2.24) is 0 Å². The largest absolute Gasteiger partial charge is 0.481 e. The van der Waals surface area contributed by atoms with Crippen molar-refractivity contribution in [1.29, 1.82) is 0 Å². The Balaban J connectivity index is 2.78. The fraction of sp³-hybridized carbons (Fsp3) is 0.923. The second kappa shape index (κ2) is 6.24. The third-order valence-corrected chi connectivity index (χ3v) is 4.10. The number of aliphatic hydroxyl groups is 1. The van der Waals surface area contributed by atoms with Gasteiger partial charge in [0.05, 0.1) is 12.5 Å². The summed E-state index contributed by atoms with van der Waals surface area (Å²) >= 11 is 0. The lowest BCUT2D eigenvalue weighted by Crippen LogP contribution is -2.40. The Morgan fingerprint density at radius 3 is 2.38 bits per heavy atom. The van der Waals surface area contributed by atoms with E-state index >= 15 is 0 Å². The smallest absolute Gasteiger partial charge is 0.309 e. The molecule has 1 aliphatic rings. The molecule has 16 heavy (non-hydrogen) atoms. The number of carboxylic acid groups (broad SMARTS) is 1. The summed E-state index contributed by atoms with van der Waals surface area (Å²) in [5.41, 5.74) is -0.130. The Morgan fingerprint density at radius 1 is 1.31 bits per heavy atom. The van der Waals surface area contributed by atoms with Crippen LogP contribution in [0, 0.1) is 11.3 Å². The fourth-order valence-corrected chi connectivity index (χ4v) is 3.09. The van der Waals surface area contributed by atoms with Crippen molar-refractivity contribution >= 4 is 5.97 Å². The molecule has 0 radical (unpaired) electrons. The lowest BCUT2D eigenvalue weighted by molar-refractivity contribution is -0.150. The lowest BCUT2D eigenvalue weighted by atomic mass is 9.63. The SMILES string of the molecule is CCCCC1(C(CO)C(=O)O)CCCCC1. The van der Waals surface area contributed by atoms with Gasteiger partial charge in [-0.2, -0.15) is 0 Å². The molecule has 1 aliphatic carbocycles. The van der Waals surface area contributed by atoms with E-state index in [1.54, 1.807) is 0 Å². The van der Waals surface area contributed by atoms with Crippen LogP contribution in [0.2, 0.25) is 0 Å². The summed E-state index contributed by atoms with van der Waals surface area (Å²) in [5, 5.41) is 18.6. The molecule has 1 saturated carbocycles. The molecule has 1 atom stereocenters. The highest BCUT2D eigenvalue weighted by atomic mass is 16.4. The Labute approximate surface area is 97.9 Å². The zero-order valence-electron chi connectivity index (χ0n) is 10.2. The first-order chi connectivity index (χ1) is 7.66. The maximum absolute atomic E-state index is 11.2. The first kappa shape index (κ1) is 13.5. The zero-order valence-corrected chi connectivity index (χ0v) is 10.2. The molecule has 0 heterocycles. The van der Waals surface area contributed by atoms with E-state index in [4.69, 9.17) is 0 Å². The van der Waals surface area contributed by atoms with Gasteiger partial charge in [0.15, 0.2) is 0 Å². The lowest BCUT2D eigenvalue weighted by Gasteiger charge is -2.41. The van der Waals surface area contributed by atoms with Crippen LogP contribution in [0.15, 0.2) is 0 Å². The standard InChI is InChI=1S/C13H24O3/c1-2-3-7-13(8-5-4-6-9-13)11(10-14)12(15)16/h11,14H,2-10H2,1H3,(H,15,16). The van der Waals surface area contributed by atoms with Gasteiger partial charge in [0.1, 0.15) is 0 Å². The van der Waals surface area contributed by atoms with Gasteiger partial charge in [-0.1, -0.05) is 39.0 Å². The molecule has 0 aromatic heterocycles. The number of aliphatic carboxylic acids is 1. The summed E-state index contributed by atoms with van der Waals surface area (Å²) in [4.78, 5) is 11.2. The first-order valence-corrected chi connectivity index (χ1v) is 6.50. The van der Waals surface area contributed by atoms with Crippen molar-refractivity contribution in [2.24, 2.45) is 11.3 Å². The molecule has 0 aliphatic heterocycles. The van der Waals surface area contributed by atoms with Crippen molar-refractivity contribution in [2.45, 2.75) is 58.3 Å². The molecule has 0 bridgehead atoms. The molecule has 0 aromatic carbocycles. The van der Waals surface area contributed by atoms with Gasteiger partial charge < -0.3 is 10.2 Å². The summed E-state index contributed by atoms with van der Waals surface area (Å²) in [6.45, 7) is 1.92. The zero-order chi connectivity index (χ0) is 12.0. The van der Waals surface area contributed by atoms with Crippen LogP contribution in [-0.4, -0.2) is 22.8 Å². The minimum absolute atomic E-state index is 0.130. The van der Waals surface area contributed by atoms with Gasteiger partial charge in [0.2, 0.25) is 0 Å². The van der Waals surface area contributed by atoms with Crippen LogP contribution in [0.3, 0.4) is 0 Å². The van der Waals surface area contributed by atoms with Crippen LogP contribution >= 0.6 is 0 Å². The highest BCUT2D eigenvalue weighted by Crippen LogP contribution is 2.46. The van der Waals surface area contributed by atoms with Gasteiger partial charge in [-0.15, -0.1) is 0 Å². The summed E-state index contributed by atoms with van der Waals surface area (Å²) < 4.78 is 0. The van der Waals surface area contributed by atoms with Crippen molar-refractivity contribution in [3.63, 3.8) is 0 Å². The molecule has 94 valence electrons. The number of carbonyl (C=O) groups is 1. The van der Waals surface area contributed by atoms with Gasteiger partial charge in [0, 0.05) is 0 Å². The van der Waals surface area contributed by atoms with Crippen LogP contribution in [0.1, 0.15) is 58.3 Å². The van der Waals surface area contributed by atoms with Crippen LogP contribution < -0.4 is 0 Å². The van der Waals surface area contributed by atoms with Crippen molar-refractivity contribution in [3.05, 3.63) is 0 Å².